The van der Waals surface area contributed by atoms with Crippen LogP contribution in [0.4, 0.5) is 5.69 Å². The maximum atomic E-state index is 12.7. The Kier molecular flexibility index (Phi) is 4.50. The topological polar surface area (TPSA) is 72.0 Å². The molecule has 1 fully saturated rings. The number of hydrogen-bond acceptors (Lipinski definition) is 6. The Morgan fingerprint density at radius 3 is 2.92 bits per heavy atom. The molecule has 3 heterocycles. The van der Waals surface area contributed by atoms with Crippen LogP contribution in [0.1, 0.15) is 12.1 Å². The van der Waals surface area contributed by atoms with E-state index < -0.39 is 0 Å². The molecule has 0 aliphatic carbocycles. The zero-order valence-corrected chi connectivity index (χ0v) is 15.2. The number of carbonyl (C=O) groups is 2. The van der Waals surface area contributed by atoms with Crippen LogP contribution in [0.25, 0.3) is 0 Å². The summed E-state index contributed by atoms with van der Waals surface area (Å²) in [6.07, 6.45) is 0.217. The van der Waals surface area contributed by atoms with Gasteiger partial charge < -0.3 is 19.3 Å². The Morgan fingerprint density at radius 2 is 2.15 bits per heavy atom. The monoisotopic (exact) mass is 373 g/mol. The molecule has 0 spiro atoms. The highest BCUT2D eigenvalue weighted by Gasteiger charge is 2.37. The molecule has 1 atom stereocenters. The van der Waals surface area contributed by atoms with Gasteiger partial charge in [0.1, 0.15) is 13.2 Å². The molecule has 1 saturated heterocycles. The van der Waals surface area contributed by atoms with E-state index in [0.717, 1.165) is 11.4 Å². The van der Waals surface area contributed by atoms with Crippen LogP contribution in [0.15, 0.2) is 29.1 Å². The normalized spacial score (nSPS) is 18.9. The lowest BCUT2D eigenvalue weighted by Crippen LogP contribution is -2.34. The zero-order valence-electron chi connectivity index (χ0n) is 14.4. The minimum absolute atomic E-state index is 0.0357. The molecular formula is C18H19N3O4S. The van der Waals surface area contributed by atoms with Crippen molar-refractivity contribution < 1.29 is 19.1 Å². The van der Waals surface area contributed by atoms with Crippen molar-refractivity contribution in [3.05, 3.63) is 34.8 Å². The van der Waals surface area contributed by atoms with Crippen molar-refractivity contribution in [2.24, 2.45) is 5.92 Å². The highest BCUT2D eigenvalue weighted by molar-refractivity contribution is 7.07. The molecule has 0 radical (unpaired) electrons. The SMILES string of the molecule is CN(Cc1cscn1)C(=O)C1CC(=O)N(c2ccc3c(c2)OCCO3)C1. The van der Waals surface area contributed by atoms with E-state index in [1.807, 2.05) is 11.4 Å². The van der Waals surface area contributed by atoms with Gasteiger partial charge in [-0.2, -0.15) is 0 Å². The number of ether oxygens (including phenoxy) is 2. The van der Waals surface area contributed by atoms with Gasteiger partial charge in [-0.15, -0.1) is 11.3 Å². The molecule has 4 rings (SSSR count). The molecule has 0 bridgehead atoms. The van der Waals surface area contributed by atoms with Crippen LogP contribution < -0.4 is 14.4 Å². The van der Waals surface area contributed by atoms with E-state index in [0.29, 0.717) is 37.8 Å². The van der Waals surface area contributed by atoms with Gasteiger partial charge in [-0.1, -0.05) is 0 Å². The van der Waals surface area contributed by atoms with Crippen molar-refractivity contribution >= 4 is 28.8 Å². The number of carbonyl (C=O) groups excluding carboxylic acids is 2. The number of rotatable bonds is 4. The zero-order chi connectivity index (χ0) is 18.1. The molecule has 2 amide bonds. The van der Waals surface area contributed by atoms with Crippen LogP contribution in [-0.2, 0) is 16.1 Å². The largest absolute Gasteiger partial charge is 0.486 e. The molecule has 2 aromatic rings. The first kappa shape index (κ1) is 16.8. The van der Waals surface area contributed by atoms with Crippen molar-refractivity contribution in [1.29, 1.82) is 0 Å². The van der Waals surface area contributed by atoms with Gasteiger partial charge in [-0.3, -0.25) is 9.59 Å². The third-order valence-electron chi connectivity index (χ3n) is 4.57. The summed E-state index contributed by atoms with van der Waals surface area (Å²) in [6.45, 7) is 1.85. The van der Waals surface area contributed by atoms with Gasteiger partial charge in [0.15, 0.2) is 11.5 Å². The third kappa shape index (κ3) is 3.24. The first-order valence-corrected chi connectivity index (χ1v) is 9.38. The molecule has 7 nitrogen and oxygen atoms in total. The number of nitrogens with zero attached hydrogens (tertiary/aromatic N) is 3. The average Bonchev–Trinajstić information content (AvgIpc) is 3.30. The van der Waals surface area contributed by atoms with Crippen LogP contribution in [0, 0.1) is 5.92 Å². The molecule has 1 unspecified atom stereocenters. The van der Waals surface area contributed by atoms with E-state index in [2.05, 4.69) is 4.98 Å². The molecule has 2 aliphatic heterocycles. The van der Waals surface area contributed by atoms with Crippen molar-refractivity contribution in [3.8, 4) is 11.5 Å². The van der Waals surface area contributed by atoms with Crippen LogP contribution in [0.5, 0.6) is 11.5 Å². The molecule has 136 valence electrons. The second-order valence-electron chi connectivity index (χ2n) is 6.41. The van der Waals surface area contributed by atoms with E-state index in [9.17, 15) is 9.59 Å². The van der Waals surface area contributed by atoms with Gasteiger partial charge in [0.2, 0.25) is 11.8 Å². The number of fused-ring (bicyclic) bond motifs is 1. The number of hydrogen-bond donors (Lipinski definition) is 0. The van der Waals surface area contributed by atoms with Crippen molar-refractivity contribution in [2.75, 3.05) is 31.7 Å². The summed E-state index contributed by atoms with van der Waals surface area (Å²) in [5.74, 6) is 0.882. The minimum atomic E-state index is -0.348. The molecule has 0 saturated carbocycles. The smallest absolute Gasteiger partial charge is 0.228 e. The maximum Gasteiger partial charge on any atom is 0.228 e. The molecule has 8 heteroatoms. The summed E-state index contributed by atoms with van der Waals surface area (Å²) in [5, 5.41) is 1.92. The van der Waals surface area contributed by atoms with E-state index in [1.54, 1.807) is 34.5 Å². The summed E-state index contributed by atoms with van der Waals surface area (Å²) < 4.78 is 11.1. The Labute approximate surface area is 155 Å². The van der Waals surface area contributed by atoms with Crippen molar-refractivity contribution in [3.63, 3.8) is 0 Å². The van der Waals surface area contributed by atoms with E-state index >= 15 is 0 Å². The van der Waals surface area contributed by atoms with E-state index in [4.69, 9.17) is 9.47 Å². The van der Waals surface area contributed by atoms with E-state index in [1.165, 1.54) is 11.3 Å². The quantitative estimate of drug-likeness (QED) is 0.819. The Balaban J connectivity index is 1.45. The highest BCUT2D eigenvalue weighted by atomic mass is 32.1. The van der Waals surface area contributed by atoms with Gasteiger partial charge in [0, 0.05) is 37.1 Å². The lowest BCUT2D eigenvalue weighted by molar-refractivity contribution is -0.135. The average molecular weight is 373 g/mol. The summed E-state index contributed by atoms with van der Waals surface area (Å²) in [6, 6.07) is 5.44. The highest BCUT2D eigenvalue weighted by Crippen LogP contribution is 2.36. The van der Waals surface area contributed by atoms with Gasteiger partial charge in [0.25, 0.3) is 0 Å². The van der Waals surface area contributed by atoms with Crippen molar-refractivity contribution in [1.82, 2.24) is 9.88 Å². The number of amides is 2. The van der Waals surface area contributed by atoms with Gasteiger partial charge in [-0.25, -0.2) is 4.98 Å². The lowest BCUT2D eigenvalue weighted by Gasteiger charge is -2.23. The summed E-state index contributed by atoms with van der Waals surface area (Å²) in [5.41, 5.74) is 3.34. The lowest BCUT2D eigenvalue weighted by atomic mass is 10.1. The number of aromatic nitrogens is 1. The second kappa shape index (κ2) is 6.95. The van der Waals surface area contributed by atoms with E-state index in [-0.39, 0.29) is 24.2 Å². The number of benzene rings is 1. The fraction of sp³-hybridized carbons (Fsp3) is 0.389. The molecule has 1 aromatic heterocycles. The Hall–Kier alpha value is -2.61. The van der Waals surface area contributed by atoms with Gasteiger partial charge in [-0.05, 0) is 12.1 Å². The first-order valence-electron chi connectivity index (χ1n) is 8.44. The predicted molar refractivity (Wildman–Crippen MR) is 96.5 cm³/mol. The second-order valence-corrected chi connectivity index (χ2v) is 7.13. The summed E-state index contributed by atoms with van der Waals surface area (Å²) in [7, 11) is 1.75. The summed E-state index contributed by atoms with van der Waals surface area (Å²) in [4.78, 5) is 32.7. The Bertz CT molecular complexity index is 824. The third-order valence-corrected chi connectivity index (χ3v) is 5.21. The number of anilines is 1. The Morgan fingerprint density at radius 1 is 1.35 bits per heavy atom. The minimum Gasteiger partial charge on any atom is -0.486 e. The first-order chi connectivity index (χ1) is 12.6. The van der Waals surface area contributed by atoms with Gasteiger partial charge in [0.05, 0.1) is 23.7 Å². The standard InChI is InChI=1S/C18H19N3O4S/c1-20(9-13-10-26-11-19-13)18(23)12-6-17(22)21(8-12)14-2-3-15-16(7-14)25-5-4-24-15/h2-3,7,10-12H,4-6,8-9H2,1H3. The van der Waals surface area contributed by atoms with Crippen LogP contribution >= 0.6 is 11.3 Å². The molecule has 2 aliphatic rings. The fourth-order valence-corrected chi connectivity index (χ4v) is 3.82. The van der Waals surface area contributed by atoms with Crippen LogP contribution in [-0.4, -0.2) is 48.5 Å². The van der Waals surface area contributed by atoms with Crippen molar-refractivity contribution in [2.45, 2.75) is 13.0 Å². The van der Waals surface area contributed by atoms with Crippen LogP contribution in [0.2, 0.25) is 0 Å². The molecular weight excluding hydrogens is 354 g/mol. The molecule has 0 N–H and O–H groups in total. The molecule has 26 heavy (non-hydrogen) atoms. The van der Waals surface area contributed by atoms with Crippen LogP contribution in [0.3, 0.4) is 0 Å². The predicted octanol–water partition coefficient (Wildman–Crippen LogP) is 1.93. The maximum absolute atomic E-state index is 12.7. The summed E-state index contributed by atoms with van der Waals surface area (Å²) >= 11 is 1.50. The molecule has 1 aromatic carbocycles. The number of thiazole rings is 1. The fourth-order valence-electron chi connectivity index (χ4n) is 3.27. The van der Waals surface area contributed by atoms with Gasteiger partial charge >= 0.3 is 0 Å².